The number of pyridine rings is 1. The zero-order valence-corrected chi connectivity index (χ0v) is 8.93. The first-order chi connectivity index (χ1) is 7.67. The molecule has 0 radical (unpaired) electrons. The third-order valence-electron chi connectivity index (χ3n) is 3.34. The standard InChI is InChI=1S/C13H14N2O/c14-11-7-13(16,8-11)10-3-4-12-9(6-10)2-1-5-15-12/h1-6,11,16H,7-8,14H2. The molecule has 1 fully saturated rings. The highest BCUT2D eigenvalue weighted by Crippen LogP contribution is 2.40. The number of aliphatic hydroxyl groups is 1. The second-order valence-electron chi connectivity index (χ2n) is 4.61. The number of hydrogen-bond donors (Lipinski definition) is 2. The fourth-order valence-electron chi connectivity index (χ4n) is 2.41. The predicted octanol–water partition coefficient (Wildman–Crippen LogP) is 1.54. The van der Waals surface area contributed by atoms with Crippen LogP contribution in [0.4, 0.5) is 0 Å². The number of rotatable bonds is 1. The van der Waals surface area contributed by atoms with Gasteiger partial charge in [-0.2, -0.15) is 0 Å². The minimum atomic E-state index is -0.719. The van der Waals surface area contributed by atoms with E-state index >= 15 is 0 Å². The lowest BCUT2D eigenvalue weighted by atomic mass is 9.71. The summed E-state index contributed by atoms with van der Waals surface area (Å²) >= 11 is 0. The van der Waals surface area contributed by atoms with E-state index in [1.165, 1.54) is 0 Å². The van der Waals surface area contributed by atoms with Gasteiger partial charge in [-0.05, 0) is 36.6 Å². The number of nitrogens with two attached hydrogens (primary N) is 1. The second-order valence-corrected chi connectivity index (χ2v) is 4.61. The van der Waals surface area contributed by atoms with Gasteiger partial charge in [-0.3, -0.25) is 4.98 Å². The summed E-state index contributed by atoms with van der Waals surface area (Å²) < 4.78 is 0. The number of hydrogen-bond acceptors (Lipinski definition) is 3. The maximum atomic E-state index is 10.3. The van der Waals surface area contributed by atoms with Gasteiger partial charge in [-0.15, -0.1) is 0 Å². The van der Waals surface area contributed by atoms with Crippen molar-refractivity contribution in [3.63, 3.8) is 0 Å². The molecule has 1 aliphatic carbocycles. The van der Waals surface area contributed by atoms with Crippen LogP contribution in [0, 0.1) is 0 Å². The number of fused-ring (bicyclic) bond motifs is 1. The van der Waals surface area contributed by atoms with Crippen molar-refractivity contribution in [2.24, 2.45) is 5.73 Å². The number of aromatic nitrogens is 1. The minimum absolute atomic E-state index is 0.134. The molecule has 1 heterocycles. The highest BCUT2D eigenvalue weighted by atomic mass is 16.3. The van der Waals surface area contributed by atoms with Crippen molar-refractivity contribution in [2.45, 2.75) is 24.5 Å². The molecule has 3 rings (SSSR count). The molecular formula is C13H14N2O. The van der Waals surface area contributed by atoms with Gasteiger partial charge in [0.05, 0.1) is 11.1 Å². The van der Waals surface area contributed by atoms with Gasteiger partial charge in [0.15, 0.2) is 0 Å². The molecule has 0 amide bonds. The Morgan fingerprint density at radius 1 is 1.31 bits per heavy atom. The van der Waals surface area contributed by atoms with Crippen molar-refractivity contribution in [3.05, 3.63) is 42.1 Å². The van der Waals surface area contributed by atoms with E-state index in [-0.39, 0.29) is 6.04 Å². The van der Waals surface area contributed by atoms with Gasteiger partial charge in [0.25, 0.3) is 0 Å². The van der Waals surface area contributed by atoms with E-state index in [9.17, 15) is 5.11 Å². The van der Waals surface area contributed by atoms with E-state index in [1.54, 1.807) is 6.20 Å². The topological polar surface area (TPSA) is 59.1 Å². The highest BCUT2D eigenvalue weighted by Gasteiger charge is 2.42. The zero-order valence-electron chi connectivity index (χ0n) is 8.93. The zero-order chi connectivity index (χ0) is 11.2. The maximum Gasteiger partial charge on any atom is 0.0926 e. The summed E-state index contributed by atoms with van der Waals surface area (Å²) in [4.78, 5) is 4.26. The molecule has 0 bridgehead atoms. The first kappa shape index (κ1) is 9.75. The van der Waals surface area contributed by atoms with Crippen molar-refractivity contribution in [2.75, 3.05) is 0 Å². The van der Waals surface area contributed by atoms with E-state index in [1.807, 2.05) is 30.3 Å². The minimum Gasteiger partial charge on any atom is -0.385 e. The van der Waals surface area contributed by atoms with Gasteiger partial charge in [-0.25, -0.2) is 0 Å². The van der Waals surface area contributed by atoms with Gasteiger partial charge < -0.3 is 10.8 Å². The fraction of sp³-hybridized carbons (Fsp3) is 0.308. The molecule has 0 spiro atoms. The van der Waals surface area contributed by atoms with Crippen molar-refractivity contribution in [1.29, 1.82) is 0 Å². The Bertz CT molecular complexity index is 532. The largest absolute Gasteiger partial charge is 0.385 e. The van der Waals surface area contributed by atoms with Crippen molar-refractivity contribution >= 4 is 10.9 Å². The Morgan fingerprint density at radius 3 is 2.88 bits per heavy atom. The smallest absolute Gasteiger partial charge is 0.0926 e. The van der Waals surface area contributed by atoms with Crippen LogP contribution in [0.25, 0.3) is 10.9 Å². The summed E-state index contributed by atoms with van der Waals surface area (Å²) in [7, 11) is 0. The summed E-state index contributed by atoms with van der Waals surface area (Å²) in [5.41, 5.74) is 6.92. The second kappa shape index (κ2) is 3.27. The Morgan fingerprint density at radius 2 is 2.12 bits per heavy atom. The molecule has 1 aromatic carbocycles. The first-order valence-corrected chi connectivity index (χ1v) is 5.51. The number of nitrogens with zero attached hydrogens (tertiary/aromatic N) is 1. The van der Waals surface area contributed by atoms with Crippen LogP contribution in [0.5, 0.6) is 0 Å². The molecule has 82 valence electrons. The molecule has 1 aromatic heterocycles. The average molecular weight is 214 g/mol. The van der Waals surface area contributed by atoms with E-state index in [4.69, 9.17) is 5.73 Å². The Labute approximate surface area is 93.9 Å². The number of benzene rings is 1. The van der Waals surface area contributed by atoms with Crippen LogP contribution < -0.4 is 5.73 Å². The van der Waals surface area contributed by atoms with Crippen LogP contribution in [0.2, 0.25) is 0 Å². The first-order valence-electron chi connectivity index (χ1n) is 5.51. The van der Waals surface area contributed by atoms with Gasteiger partial charge in [0.1, 0.15) is 0 Å². The van der Waals surface area contributed by atoms with Crippen LogP contribution in [0.15, 0.2) is 36.5 Å². The Balaban J connectivity index is 2.06. The van der Waals surface area contributed by atoms with Gasteiger partial charge >= 0.3 is 0 Å². The van der Waals surface area contributed by atoms with E-state index in [0.29, 0.717) is 12.8 Å². The molecule has 0 aliphatic heterocycles. The molecular weight excluding hydrogens is 200 g/mol. The fourth-order valence-corrected chi connectivity index (χ4v) is 2.41. The maximum absolute atomic E-state index is 10.3. The van der Waals surface area contributed by atoms with Crippen LogP contribution in [-0.2, 0) is 5.60 Å². The molecule has 1 saturated carbocycles. The van der Waals surface area contributed by atoms with Gasteiger partial charge in [0, 0.05) is 17.6 Å². The van der Waals surface area contributed by atoms with Crippen molar-refractivity contribution < 1.29 is 5.11 Å². The molecule has 16 heavy (non-hydrogen) atoms. The van der Waals surface area contributed by atoms with Gasteiger partial charge in [0.2, 0.25) is 0 Å². The molecule has 3 N–H and O–H groups in total. The van der Waals surface area contributed by atoms with Crippen molar-refractivity contribution in [1.82, 2.24) is 4.98 Å². The van der Waals surface area contributed by atoms with E-state index < -0.39 is 5.60 Å². The quantitative estimate of drug-likeness (QED) is 0.757. The van der Waals surface area contributed by atoms with E-state index in [2.05, 4.69) is 4.98 Å². The lowest BCUT2D eigenvalue weighted by molar-refractivity contribution is -0.0521. The lowest BCUT2D eigenvalue weighted by Crippen LogP contribution is -2.49. The van der Waals surface area contributed by atoms with Gasteiger partial charge in [-0.1, -0.05) is 12.1 Å². The molecule has 1 aliphatic rings. The third kappa shape index (κ3) is 1.40. The third-order valence-corrected chi connectivity index (χ3v) is 3.34. The Kier molecular flexibility index (Phi) is 1.99. The van der Waals surface area contributed by atoms with E-state index in [0.717, 1.165) is 16.5 Å². The highest BCUT2D eigenvalue weighted by molar-refractivity contribution is 5.79. The summed E-state index contributed by atoms with van der Waals surface area (Å²) in [5, 5.41) is 11.4. The Hall–Kier alpha value is -1.45. The monoisotopic (exact) mass is 214 g/mol. The van der Waals surface area contributed by atoms with Crippen LogP contribution in [-0.4, -0.2) is 16.1 Å². The molecule has 0 unspecified atom stereocenters. The van der Waals surface area contributed by atoms with Crippen LogP contribution in [0.3, 0.4) is 0 Å². The summed E-state index contributed by atoms with van der Waals surface area (Å²) in [6, 6.07) is 9.95. The average Bonchev–Trinajstić information content (AvgIpc) is 2.26. The summed E-state index contributed by atoms with van der Waals surface area (Å²) in [5.74, 6) is 0. The molecule has 3 nitrogen and oxygen atoms in total. The molecule has 3 heteroatoms. The van der Waals surface area contributed by atoms with Crippen LogP contribution >= 0.6 is 0 Å². The normalized spacial score (nSPS) is 29.0. The lowest BCUT2D eigenvalue weighted by Gasteiger charge is -2.42. The van der Waals surface area contributed by atoms with Crippen molar-refractivity contribution in [3.8, 4) is 0 Å². The molecule has 0 saturated heterocycles. The predicted molar refractivity (Wildman–Crippen MR) is 62.8 cm³/mol. The molecule has 0 atom stereocenters. The van der Waals surface area contributed by atoms with Crippen LogP contribution in [0.1, 0.15) is 18.4 Å². The summed E-state index contributed by atoms with van der Waals surface area (Å²) in [6.45, 7) is 0. The summed E-state index contributed by atoms with van der Waals surface area (Å²) in [6.07, 6.45) is 3.08. The molecule has 2 aromatic rings. The SMILES string of the molecule is NC1CC(O)(c2ccc3ncccc3c2)C1.